The summed E-state index contributed by atoms with van der Waals surface area (Å²) in [5.74, 6) is -0.649. The highest BCUT2D eigenvalue weighted by atomic mass is 16.5. The Bertz CT molecular complexity index is 1310. The van der Waals surface area contributed by atoms with Crippen LogP contribution in [0.15, 0.2) is 89.7 Å². The van der Waals surface area contributed by atoms with E-state index in [2.05, 4.69) is 10.3 Å². The van der Waals surface area contributed by atoms with Gasteiger partial charge >= 0.3 is 5.97 Å². The molecule has 0 radical (unpaired) electrons. The number of hydrogen-bond acceptors (Lipinski definition) is 4. The average molecular weight is 426 g/mol. The van der Waals surface area contributed by atoms with Gasteiger partial charge in [0.25, 0.3) is 5.56 Å². The molecule has 2 N–H and O–H groups in total. The number of benzene rings is 3. The molecule has 160 valence electrons. The van der Waals surface area contributed by atoms with Crippen LogP contribution in [0.1, 0.15) is 27.2 Å². The Balaban J connectivity index is 1.34. The predicted molar refractivity (Wildman–Crippen MR) is 122 cm³/mol. The maximum absolute atomic E-state index is 12.4. The van der Waals surface area contributed by atoms with Gasteiger partial charge in [0.15, 0.2) is 0 Å². The number of esters is 1. The van der Waals surface area contributed by atoms with Crippen LogP contribution in [0, 0.1) is 0 Å². The first-order chi connectivity index (χ1) is 15.6. The van der Waals surface area contributed by atoms with Crippen molar-refractivity contribution >= 4 is 22.6 Å². The second-order valence-electron chi connectivity index (χ2n) is 7.43. The number of aromatic amines is 1. The number of nitrogens with one attached hydrogen (secondary N) is 2. The Kier molecular flexibility index (Phi) is 6.41. The number of pyridine rings is 1. The van der Waals surface area contributed by atoms with E-state index >= 15 is 0 Å². The lowest BCUT2D eigenvalue weighted by Crippen LogP contribution is -2.26. The molecule has 6 nitrogen and oxygen atoms in total. The summed E-state index contributed by atoms with van der Waals surface area (Å²) in [4.78, 5) is 39.7. The summed E-state index contributed by atoms with van der Waals surface area (Å²) in [6, 6.07) is 25.5. The molecule has 0 unspecified atom stereocenters. The number of hydrogen-bond donors (Lipinski definition) is 2. The minimum atomic E-state index is -0.421. The highest BCUT2D eigenvalue weighted by molar-refractivity contribution is 5.89. The van der Waals surface area contributed by atoms with Gasteiger partial charge in [0.1, 0.15) is 6.61 Å². The van der Waals surface area contributed by atoms with Gasteiger partial charge in [0.05, 0.1) is 12.0 Å². The van der Waals surface area contributed by atoms with Crippen LogP contribution in [0.4, 0.5) is 0 Å². The second-order valence-corrected chi connectivity index (χ2v) is 7.43. The largest absolute Gasteiger partial charge is 0.457 e. The molecule has 6 heteroatoms. The van der Waals surface area contributed by atoms with E-state index in [1.165, 1.54) is 0 Å². The maximum Gasteiger partial charge on any atom is 0.338 e. The Morgan fingerprint density at radius 1 is 0.844 bits per heavy atom. The maximum atomic E-state index is 12.4. The molecule has 32 heavy (non-hydrogen) atoms. The van der Waals surface area contributed by atoms with Gasteiger partial charge in [-0.05, 0) is 40.8 Å². The number of fused-ring (bicyclic) bond motifs is 1. The van der Waals surface area contributed by atoms with E-state index in [0.717, 1.165) is 16.5 Å². The smallest absolute Gasteiger partial charge is 0.338 e. The zero-order valence-corrected chi connectivity index (χ0v) is 17.3. The van der Waals surface area contributed by atoms with Gasteiger partial charge < -0.3 is 15.0 Å². The van der Waals surface area contributed by atoms with Gasteiger partial charge in [-0.15, -0.1) is 0 Å². The SMILES string of the molecule is O=C(Cc1cc2ccccc2c(=O)[nH]1)NCc1cccc(C(=O)OCc2ccccc2)c1. The fourth-order valence-electron chi connectivity index (χ4n) is 3.41. The van der Waals surface area contributed by atoms with Gasteiger partial charge in [-0.3, -0.25) is 9.59 Å². The fourth-order valence-corrected chi connectivity index (χ4v) is 3.41. The van der Waals surface area contributed by atoms with Gasteiger partial charge in [-0.2, -0.15) is 0 Å². The van der Waals surface area contributed by atoms with Crippen molar-refractivity contribution in [2.45, 2.75) is 19.6 Å². The molecule has 0 saturated heterocycles. The minimum Gasteiger partial charge on any atom is -0.457 e. The third kappa shape index (κ3) is 5.29. The minimum absolute atomic E-state index is 0.0544. The molecular formula is C26H22N2O4. The van der Waals surface area contributed by atoms with Crippen LogP contribution in [0.25, 0.3) is 10.8 Å². The zero-order chi connectivity index (χ0) is 22.3. The van der Waals surface area contributed by atoms with Crippen LogP contribution in [-0.4, -0.2) is 16.9 Å². The van der Waals surface area contributed by atoms with Gasteiger partial charge in [-0.1, -0.05) is 60.7 Å². The van der Waals surface area contributed by atoms with E-state index < -0.39 is 5.97 Å². The number of carbonyl (C=O) groups excluding carboxylic acids is 2. The molecule has 0 bridgehead atoms. The van der Waals surface area contributed by atoms with Gasteiger partial charge in [-0.25, -0.2) is 4.79 Å². The van der Waals surface area contributed by atoms with Crippen molar-refractivity contribution in [3.05, 3.63) is 118 Å². The Labute approximate surface area is 184 Å². The first-order valence-electron chi connectivity index (χ1n) is 10.3. The van der Waals surface area contributed by atoms with E-state index in [0.29, 0.717) is 16.6 Å². The molecule has 0 atom stereocenters. The fraction of sp³-hybridized carbons (Fsp3) is 0.115. The van der Waals surface area contributed by atoms with Crippen molar-refractivity contribution in [2.24, 2.45) is 0 Å². The highest BCUT2D eigenvalue weighted by Gasteiger charge is 2.10. The Morgan fingerprint density at radius 3 is 2.44 bits per heavy atom. The third-order valence-corrected chi connectivity index (χ3v) is 5.03. The zero-order valence-electron chi connectivity index (χ0n) is 17.3. The quantitative estimate of drug-likeness (QED) is 0.441. The number of rotatable bonds is 7. The molecule has 0 aliphatic carbocycles. The van der Waals surface area contributed by atoms with E-state index in [9.17, 15) is 14.4 Å². The van der Waals surface area contributed by atoms with Crippen molar-refractivity contribution in [3.63, 3.8) is 0 Å². The van der Waals surface area contributed by atoms with E-state index in [4.69, 9.17) is 4.74 Å². The lowest BCUT2D eigenvalue weighted by atomic mass is 10.1. The summed E-state index contributed by atoms with van der Waals surface area (Å²) in [5.41, 5.74) is 2.44. The number of ether oxygens (including phenoxy) is 1. The Hall–Kier alpha value is -4.19. The molecule has 3 aromatic carbocycles. The van der Waals surface area contributed by atoms with Crippen molar-refractivity contribution in [1.82, 2.24) is 10.3 Å². The molecular weight excluding hydrogens is 404 g/mol. The molecule has 0 aliphatic rings. The lowest BCUT2D eigenvalue weighted by molar-refractivity contribution is -0.120. The summed E-state index contributed by atoms with van der Waals surface area (Å²) in [5, 5.41) is 4.21. The van der Waals surface area contributed by atoms with Crippen molar-refractivity contribution in [3.8, 4) is 0 Å². The normalized spacial score (nSPS) is 10.6. The number of amides is 1. The molecule has 0 fully saturated rings. The number of carbonyl (C=O) groups is 2. The topological polar surface area (TPSA) is 88.3 Å². The molecule has 0 aliphatic heterocycles. The molecule has 4 rings (SSSR count). The van der Waals surface area contributed by atoms with Crippen LogP contribution >= 0.6 is 0 Å². The van der Waals surface area contributed by atoms with Crippen LogP contribution in [0.3, 0.4) is 0 Å². The molecule has 1 aromatic heterocycles. The molecule has 0 saturated carbocycles. The molecule has 0 spiro atoms. The molecule has 4 aromatic rings. The van der Waals surface area contributed by atoms with E-state index in [-0.39, 0.29) is 31.0 Å². The van der Waals surface area contributed by atoms with E-state index in [1.807, 2.05) is 48.5 Å². The molecule has 1 heterocycles. The van der Waals surface area contributed by atoms with Crippen LogP contribution < -0.4 is 10.9 Å². The highest BCUT2D eigenvalue weighted by Crippen LogP contribution is 2.11. The van der Waals surface area contributed by atoms with Crippen molar-refractivity contribution < 1.29 is 14.3 Å². The van der Waals surface area contributed by atoms with Crippen LogP contribution in [-0.2, 0) is 29.1 Å². The number of aromatic nitrogens is 1. The van der Waals surface area contributed by atoms with Gasteiger partial charge in [0, 0.05) is 17.6 Å². The third-order valence-electron chi connectivity index (χ3n) is 5.03. The van der Waals surface area contributed by atoms with Crippen LogP contribution in [0.5, 0.6) is 0 Å². The first kappa shape index (κ1) is 21.1. The lowest BCUT2D eigenvalue weighted by Gasteiger charge is -2.09. The summed E-state index contributed by atoms with van der Waals surface area (Å²) >= 11 is 0. The van der Waals surface area contributed by atoms with Crippen molar-refractivity contribution in [1.29, 1.82) is 0 Å². The Morgan fingerprint density at radius 2 is 1.59 bits per heavy atom. The summed E-state index contributed by atoms with van der Waals surface area (Å²) in [6.07, 6.45) is 0.0544. The second kappa shape index (κ2) is 9.75. The van der Waals surface area contributed by atoms with E-state index in [1.54, 1.807) is 36.4 Å². The first-order valence-corrected chi connectivity index (χ1v) is 10.3. The van der Waals surface area contributed by atoms with Crippen LogP contribution in [0.2, 0.25) is 0 Å². The van der Waals surface area contributed by atoms with Crippen molar-refractivity contribution in [2.75, 3.05) is 0 Å². The van der Waals surface area contributed by atoms with Gasteiger partial charge in [0.2, 0.25) is 5.91 Å². The summed E-state index contributed by atoms with van der Waals surface area (Å²) < 4.78 is 5.36. The number of H-pyrrole nitrogens is 1. The standard InChI is InChI=1S/C26H22N2O4/c29-24(15-22-14-20-10-4-5-12-23(20)25(30)28-22)27-16-19-9-6-11-21(13-19)26(31)32-17-18-7-2-1-3-8-18/h1-14H,15-17H2,(H,27,29)(H,28,30). The molecule has 1 amide bonds. The predicted octanol–water partition coefficient (Wildman–Crippen LogP) is 3.74. The summed E-state index contributed by atoms with van der Waals surface area (Å²) in [6.45, 7) is 0.459. The monoisotopic (exact) mass is 426 g/mol. The summed E-state index contributed by atoms with van der Waals surface area (Å²) in [7, 11) is 0. The average Bonchev–Trinajstić information content (AvgIpc) is 2.82.